The summed E-state index contributed by atoms with van der Waals surface area (Å²) in [5.41, 5.74) is 8.09. The monoisotopic (exact) mass is 285 g/mol. The zero-order valence-corrected chi connectivity index (χ0v) is 12.6. The molecule has 1 heterocycles. The minimum Gasteiger partial charge on any atom is -0.328 e. The third-order valence-corrected chi connectivity index (χ3v) is 4.55. The van der Waals surface area contributed by atoms with E-state index in [0.717, 1.165) is 49.1 Å². The van der Waals surface area contributed by atoms with E-state index in [1.807, 2.05) is 18.2 Å². The molecule has 2 atom stereocenters. The number of benzene rings is 1. The highest BCUT2D eigenvalue weighted by Gasteiger charge is 2.26. The minimum atomic E-state index is 0.124. The van der Waals surface area contributed by atoms with Gasteiger partial charge in [-0.1, -0.05) is 18.6 Å². The lowest BCUT2D eigenvalue weighted by molar-refractivity contribution is -0.123. The highest BCUT2D eigenvalue weighted by atomic mass is 16.1. The van der Waals surface area contributed by atoms with Crippen LogP contribution in [-0.4, -0.2) is 21.4 Å². The van der Waals surface area contributed by atoms with Crippen LogP contribution < -0.4 is 5.73 Å². The third-order valence-electron chi connectivity index (χ3n) is 4.55. The number of aromatic nitrogens is 2. The Morgan fingerprint density at radius 1 is 1.38 bits per heavy atom. The van der Waals surface area contributed by atoms with E-state index in [-0.39, 0.29) is 12.0 Å². The fourth-order valence-corrected chi connectivity index (χ4v) is 3.43. The number of ketones is 1. The van der Waals surface area contributed by atoms with Gasteiger partial charge in [0.15, 0.2) is 0 Å². The summed E-state index contributed by atoms with van der Waals surface area (Å²) >= 11 is 0. The fourth-order valence-electron chi connectivity index (χ4n) is 3.43. The molecule has 1 aromatic heterocycles. The van der Waals surface area contributed by atoms with Crippen molar-refractivity contribution in [3.05, 3.63) is 30.1 Å². The van der Waals surface area contributed by atoms with E-state index in [9.17, 15) is 4.79 Å². The maximum Gasteiger partial charge on any atom is 0.143 e. The third kappa shape index (κ3) is 2.86. The van der Waals surface area contributed by atoms with Crippen LogP contribution in [0.5, 0.6) is 0 Å². The van der Waals surface area contributed by atoms with Gasteiger partial charge in [-0.25, -0.2) is 4.98 Å². The lowest BCUT2D eigenvalue weighted by Crippen LogP contribution is -2.32. The van der Waals surface area contributed by atoms with Gasteiger partial charge in [0.1, 0.15) is 11.6 Å². The molecule has 112 valence electrons. The first kappa shape index (κ1) is 14.3. The first-order valence-electron chi connectivity index (χ1n) is 7.91. The molecule has 1 aliphatic rings. The molecule has 0 amide bonds. The van der Waals surface area contributed by atoms with E-state index in [2.05, 4.69) is 22.5 Å². The van der Waals surface area contributed by atoms with Crippen molar-refractivity contribution in [1.82, 2.24) is 9.55 Å². The molecule has 2 aromatic rings. The Morgan fingerprint density at radius 3 is 2.95 bits per heavy atom. The molecular formula is C17H23N3O. The number of hydrogen-bond acceptors (Lipinski definition) is 3. The number of carbonyl (C=O) groups is 1. The van der Waals surface area contributed by atoms with E-state index in [1.165, 1.54) is 0 Å². The van der Waals surface area contributed by atoms with Crippen molar-refractivity contribution in [2.24, 2.45) is 11.7 Å². The van der Waals surface area contributed by atoms with Crippen LogP contribution in [0.3, 0.4) is 0 Å². The van der Waals surface area contributed by atoms with E-state index in [1.54, 1.807) is 0 Å². The highest BCUT2D eigenvalue weighted by molar-refractivity contribution is 5.84. The van der Waals surface area contributed by atoms with Crippen LogP contribution in [0.4, 0.5) is 0 Å². The molecular weight excluding hydrogens is 262 g/mol. The Kier molecular flexibility index (Phi) is 4.06. The van der Waals surface area contributed by atoms with Crippen LogP contribution in [-0.2, 0) is 17.8 Å². The van der Waals surface area contributed by atoms with Crippen molar-refractivity contribution in [2.45, 2.75) is 51.6 Å². The van der Waals surface area contributed by atoms with Crippen LogP contribution >= 0.6 is 0 Å². The van der Waals surface area contributed by atoms with Crippen molar-refractivity contribution < 1.29 is 4.79 Å². The predicted molar refractivity (Wildman–Crippen MR) is 84.1 cm³/mol. The molecule has 1 fully saturated rings. The molecule has 0 bridgehead atoms. The van der Waals surface area contributed by atoms with Gasteiger partial charge in [0.2, 0.25) is 0 Å². The summed E-state index contributed by atoms with van der Waals surface area (Å²) in [5, 5.41) is 0. The summed E-state index contributed by atoms with van der Waals surface area (Å²) in [6, 6.07) is 8.27. The minimum absolute atomic E-state index is 0.124. The Hall–Kier alpha value is -1.68. The summed E-state index contributed by atoms with van der Waals surface area (Å²) in [4.78, 5) is 17.2. The number of fused-ring (bicyclic) bond motifs is 1. The average Bonchev–Trinajstić information content (AvgIpc) is 2.84. The normalized spacial score (nSPS) is 22.6. The van der Waals surface area contributed by atoms with E-state index in [4.69, 9.17) is 5.73 Å². The SMILES string of the molecule is CCn1c(CC(=O)C2CCCC(N)C2)nc2ccccc21. The van der Waals surface area contributed by atoms with Gasteiger partial charge in [-0.3, -0.25) is 4.79 Å². The Bertz CT molecular complexity index is 647. The van der Waals surface area contributed by atoms with Crippen LogP contribution in [0.15, 0.2) is 24.3 Å². The number of nitrogens with zero attached hydrogens (tertiary/aromatic N) is 2. The molecule has 0 aliphatic heterocycles. The van der Waals surface area contributed by atoms with Crippen molar-refractivity contribution in [3.8, 4) is 0 Å². The van der Waals surface area contributed by atoms with Crippen molar-refractivity contribution in [2.75, 3.05) is 0 Å². The van der Waals surface area contributed by atoms with Gasteiger partial charge >= 0.3 is 0 Å². The van der Waals surface area contributed by atoms with Crippen molar-refractivity contribution in [1.29, 1.82) is 0 Å². The van der Waals surface area contributed by atoms with Crippen molar-refractivity contribution >= 4 is 16.8 Å². The molecule has 0 spiro atoms. The van der Waals surface area contributed by atoms with Gasteiger partial charge in [0.25, 0.3) is 0 Å². The zero-order chi connectivity index (χ0) is 14.8. The second kappa shape index (κ2) is 5.98. The number of rotatable bonds is 4. The second-order valence-corrected chi connectivity index (χ2v) is 6.03. The standard InChI is InChI=1S/C17H23N3O/c1-2-20-15-9-4-3-8-14(15)19-17(20)11-16(21)12-6-5-7-13(18)10-12/h3-4,8-9,12-13H,2,5-7,10-11,18H2,1H3. The maximum atomic E-state index is 12.5. The Labute approximate surface area is 125 Å². The van der Waals surface area contributed by atoms with Gasteiger partial charge in [-0.15, -0.1) is 0 Å². The number of aryl methyl sites for hydroxylation is 1. The number of Topliss-reactive ketones (excluding diaryl/α,β-unsaturated/α-hetero) is 1. The van der Waals surface area contributed by atoms with E-state index >= 15 is 0 Å². The number of imidazole rings is 1. The van der Waals surface area contributed by atoms with E-state index < -0.39 is 0 Å². The van der Waals surface area contributed by atoms with E-state index in [0.29, 0.717) is 12.2 Å². The summed E-state index contributed by atoms with van der Waals surface area (Å²) in [7, 11) is 0. The lowest BCUT2D eigenvalue weighted by atomic mass is 9.82. The number of hydrogen-bond donors (Lipinski definition) is 1. The topological polar surface area (TPSA) is 60.9 Å². The van der Waals surface area contributed by atoms with Gasteiger partial charge in [-0.2, -0.15) is 0 Å². The summed E-state index contributed by atoms with van der Waals surface area (Å²) in [6.07, 6.45) is 4.38. The lowest BCUT2D eigenvalue weighted by Gasteiger charge is -2.25. The second-order valence-electron chi connectivity index (χ2n) is 6.03. The molecule has 0 radical (unpaired) electrons. The van der Waals surface area contributed by atoms with Gasteiger partial charge in [0.05, 0.1) is 17.5 Å². The molecule has 3 rings (SSSR count). The smallest absolute Gasteiger partial charge is 0.143 e. The number of para-hydroxylation sites is 2. The fraction of sp³-hybridized carbons (Fsp3) is 0.529. The molecule has 4 heteroatoms. The molecule has 0 saturated heterocycles. The van der Waals surface area contributed by atoms with Crippen LogP contribution in [0, 0.1) is 5.92 Å². The summed E-state index contributed by atoms with van der Waals surface area (Å²) < 4.78 is 2.15. The van der Waals surface area contributed by atoms with Crippen molar-refractivity contribution in [3.63, 3.8) is 0 Å². The first-order valence-corrected chi connectivity index (χ1v) is 7.91. The average molecular weight is 285 g/mol. The molecule has 2 unspecified atom stereocenters. The molecule has 1 aromatic carbocycles. The quantitative estimate of drug-likeness (QED) is 0.939. The highest BCUT2D eigenvalue weighted by Crippen LogP contribution is 2.25. The number of carbonyl (C=O) groups excluding carboxylic acids is 1. The van der Waals surface area contributed by atoms with Crippen LogP contribution in [0.1, 0.15) is 38.4 Å². The predicted octanol–water partition coefficient (Wildman–Crippen LogP) is 2.69. The molecule has 21 heavy (non-hydrogen) atoms. The summed E-state index contributed by atoms with van der Waals surface area (Å²) in [6.45, 7) is 2.94. The van der Waals surface area contributed by atoms with Gasteiger partial charge < -0.3 is 10.3 Å². The molecule has 1 aliphatic carbocycles. The zero-order valence-electron chi connectivity index (χ0n) is 12.6. The Balaban J connectivity index is 1.82. The van der Waals surface area contributed by atoms with Crippen LogP contribution in [0.2, 0.25) is 0 Å². The molecule has 4 nitrogen and oxygen atoms in total. The first-order chi connectivity index (χ1) is 10.2. The maximum absolute atomic E-state index is 12.5. The molecule has 1 saturated carbocycles. The van der Waals surface area contributed by atoms with Crippen LogP contribution in [0.25, 0.3) is 11.0 Å². The van der Waals surface area contributed by atoms with Gasteiger partial charge in [0, 0.05) is 18.5 Å². The largest absolute Gasteiger partial charge is 0.328 e. The molecule has 2 N–H and O–H groups in total. The summed E-state index contributed by atoms with van der Waals surface area (Å²) in [5.74, 6) is 1.32. The number of nitrogens with two attached hydrogens (primary N) is 1. The Morgan fingerprint density at radius 2 is 2.19 bits per heavy atom. The van der Waals surface area contributed by atoms with Gasteiger partial charge in [-0.05, 0) is 38.3 Å².